The largest absolute Gasteiger partial charge is 0.323 e. The predicted molar refractivity (Wildman–Crippen MR) is 90.2 cm³/mol. The number of hydrogen-bond acceptors (Lipinski definition) is 4. The van der Waals surface area contributed by atoms with Crippen molar-refractivity contribution in [1.29, 1.82) is 0 Å². The summed E-state index contributed by atoms with van der Waals surface area (Å²) >= 11 is 0. The van der Waals surface area contributed by atoms with E-state index in [1.807, 2.05) is 0 Å². The summed E-state index contributed by atoms with van der Waals surface area (Å²) in [6.45, 7) is 4.13. The number of rotatable bonds is 6. The molecule has 0 saturated heterocycles. The van der Waals surface area contributed by atoms with Crippen LogP contribution in [0.5, 0.6) is 0 Å². The van der Waals surface area contributed by atoms with Crippen LogP contribution in [-0.2, 0) is 11.8 Å². The minimum absolute atomic E-state index is 0. The van der Waals surface area contributed by atoms with E-state index in [2.05, 4.69) is 34.6 Å². The fourth-order valence-corrected chi connectivity index (χ4v) is 1.97. The van der Waals surface area contributed by atoms with Gasteiger partial charge in [-0.15, -0.1) is 0 Å². The first kappa shape index (κ1) is 16.7. The van der Waals surface area contributed by atoms with Crippen LogP contribution in [0.1, 0.15) is 38.5 Å². The lowest BCUT2D eigenvalue weighted by atomic mass is 10.1. The Kier molecular flexibility index (Phi) is 5.46. The van der Waals surface area contributed by atoms with Crippen molar-refractivity contribution >= 4 is 23.2 Å². The molecular formula is C16H23N5O2. The van der Waals surface area contributed by atoms with Gasteiger partial charge in [-0.25, -0.2) is 0 Å². The van der Waals surface area contributed by atoms with Crippen molar-refractivity contribution in [3.05, 3.63) is 36.4 Å². The Labute approximate surface area is 136 Å². The van der Waals surface area contributed by atoms with Gasteiger partial charge in [0.2, 0.25) is 5.91 Å². The summed E-state index contributed by atoms with van der Waals surface area (Å²) in [5, 5.41) is 9.52. The van der Waals surface area contributed by atoms with Crippen LogP contribution in [-0.4, -0.2) is 26.6 Å². The molecule has 23 heavy (non-hydrogen) atoms. The summed E-state index contributed by atoms with van der Waals surface area (Å²) < 4.78 is 1.55. The molecule has 0 aliphatic heterocycles. The molecule has 0 fully saturated rings. The molecule has 0 aliphatic rings. The lowest BCUT2D eigenvalue weighted by molar-refractivity contribution is -0.116. The molecule has 0 atom stereocenters. The Balaban J connectivity index is 0.00000288. The number of nitrogens with one attached hydrogen (secondary N) is 2. The summed E-state index contributed by atoms with van der Waals surface area (Å²) in [7, 11) is 1.74. The summed E-state index contributed by atoms with van der Waals surface area (Å²) in [6.07, 6.45) is 7.43. The lowest BCUT2D eigenvalue weighted by Gasteiger charge is -2.11. The van der Waals surface area contributed by atoms with Crippen molar-refractivity contribution in [2.45, 2.75) is 26.7 Å². The Morgan fingerprint density at radius 1 is 1.26 bits per heavy atom. The Morgan fingerprint density at radius 2 is 2.04 bits per heavy atom. The van der Waals surface area contributed by atoms with Crippen molar-refractivity contribution in [2.75, 3.05) is 10.6 Å². The van der Waals surface area contributed by atoms with Crippen molar-refractivity contribution in [3.63, 3.8) is 0 Å². The van der Waals surface area contributed by atoms with Gasteiger partial charge in [0.1, 0.15) is 0 Å². The van der Waals surface area contributed by atoms with Gasteiger partial charge in [-0.3, -0.25) is 19.3 Å². The summed E-state index contributed by atoms with van der Waals surface area (Å²) in [5.41, 5.74) is 1.44. The number of aromatic nitrogens is 3. The van der Waals surface area contributed by atoms with E-state index in [9.17, 15) is 9.59 Å². The second kappa shape index (κ2) is 7.53. The SMILES string of the molecule is CC(C)CCC(=O)Nc1cnccc1NC(=O)c1cnn(C)c1.[HH]. The first-order valence-electron chi connectivity index (χ1n) is 7.49. The highest BCUT2D eigenvalue weighted by Crippen LogP contribution is 2.21. The Bertz CT molecular complexity index is 699. The highest BCUT2D eigenvalue weighted by atomic mass is 16.2. The molecule has 0 bridgehead atoms. The smallest absolute Gasteiger partial charge is 0.258 e. The number of pyridine rings is 1. The van der Waals surface area contributed by atoms with Gasteiger partial charge in [-0.1, -0.05) is 13.8 Å². The molecule has 0 unspecified atom stereocenters. The number of carbonyl (C=O) groups is 2. The standard InChI is InChI=1S/C16H21N5O2.H2/c1-11(2)4-5-15(22)19-14-9-17-7-6-13(14)20-16(23)12-8-18-21(3)10-12;/h6-11H,4-5H2,1-3H3,(H,19,22)(H,17,20,23);1H. The van der Waals surface area contributed by atoms with E-state index in [1.165, 1.54) is 12.4 Å². The zero-order valence-electron chi connectivity index (χ0n) is 13.5. The Morgan fingerprint density at radius 3 is 2.70 bits per heavy atom. The van der Waals surface area contributed by atoms with Crippen molar-refractivity contribution < 1.29 is 11.0 Å². The number of amides is 2. The lowest BCUT2D eigenvalue weighted by Crippen LogP contribution is -2.17. The summed E-state index contributed by atoms with van der Waals surface area (Å²) in [5.74, 6) is 0.0740. The van der Waals surface area contributed by atoms with Crippen molar-refractivity contribution in [3.8, 4) is 0 Å². The van der Waals surface area contributed by atoms with E-state index in [1.54, 1.807) is 30.2 Å². The van der Waals surface area contributed by atoms with Crippen LogP contribution in [0.3, 0.4) is 0 Å². The normalized spacial score (nSPS) is 10.6. The van der Waals surface area contributed by atoms with E-state index in [4.69, 9.17) is 0 Å². The quantitative estimate of drug-likeness (QED) is 0.857. The Hall–Kier alpha value is -2.70. The molecule has 2 aromatic heterocycles. The van der Waals surface area contributed by atoms with Gasteiger partial charge < -0.3 is 10.6 Å². The third kappa shape index (κ3) is 4.91. The van der Waals surface area contributed by atoms with Crippen LogP contribution < -0.4 is 10.6 Å². The molecule has 0 spiro atoms. The molecular weight excluding hydrogens is 294 g/mol. The topological polar surface area (TPSA) is 88.9 Å². The van der Waals surface area contributed by atoms with Crippen LogP contribution in [0.2, 0.25) is 0 Å². The fourth-order valence-electron chi connectivity index (χ4n) is 1.97. The average molecular weight is 317 g/mol. The van der Waals surface area contributed by atoms with Crippen LogP contribution in [0.25, 0.3) is 0 Å². The van der Waals surface area contributed by atoms with Gasteiger partial charge in [0, 0.05) is 27.3 Å². The maximum Gasteiger partial charge on any atom is 0.258 e. The van der Waals surface area contributed by atoms with Gasteiger partial charge in [-0.2, -0.15) is 5.10 Å². The minimum Gasteiger partial charge on any atom is -0.323 e. The summed E-state index contributed by atoms with van der Waals surface area (Å²) in [6, 6.07) is 1.65. The van der Waals surface area contributed by atoms with E-state index in [-0.39, 0.29) is 13.2 Å². The molecule has 2 heterocycles. The molecule has 2 rings (SSSR count). The van der Waals surface area contributed by atoms with Crippen LogP contribution in [0.15, 0.2) is 30.9 Å². The number of anilines is 2. The van der Waals surface area contributed by atoms with E-state index in [0.717, 1.165) is 6.42 Å². The zero-order valence-corrected chi connectivity index (χ0v) is 13.5. The zero-order chi connectivity index (χ0) is 16.8. The molecule has 2 N–H and O–H groups in total. The molecule has 7 heteroatoms. The molecule has 7 nitrogen and oxygen atoms in total. The number of nitrogens with zero attached hydrogens (tertiary/aromatic N) is 3. The second-order valence-corrected chi connectivity index (χ2v) is 5.76. The molecule has 2 aromatic rings. The fraction of sp³-hybridized carbons (Fsp3) is 0.375. The molecule has 0 saturated carbocycles. The predicted octanol–water partition coefficient (Wildman–Crippen LogP) is 2.69. The second-order valence-electron chi connectivity index (χ2n) is 5.76. The average Bonchev–Trinajstić information content (AvgIpc) is 2.94. The van der Waals surface area contributed by atoms with E-state index in [0.29, 0.717) is 29.3 Å². The maximum absolute atomic E-state index is 12.2. The van der Waals surface area contributed by atoms with Gasteiger partial charge in [-0.05, 0) is 18.4 Å². The van der Waals surface area contributed by atoms with Gasteiger partial charge in [0.15, 0.2) is 0 Å². The van der Waals surface area contributed by atoms with Gasteiger partial charge in [0.25, 0.3) is 5.91 Å². The van der Waals surface area contributed by atoms with E-state index >= 15 is 0 Å². The molecule has 0 radical (unpaired) electrons. The monoisotopic (exact) mass is 317 g/mol. The molecule has 0 aromatic carbocycles. The maximum atomic E-state index is 12.2. The van der Waals surface area contributed by atoms with Crippen LogP contribution in [0, 0.1) is 5.92 Å². The highest BCUT2D eigenvalue weighted by molar-refractivity contribution is 6.06. The number of hydrogen-bond donors (Lipinski definition) is 2. The third-order valence-corrected chi connectivity index (χ3v) is 3.26. The molecule has 0 aliphatic carbocycles. The first-order valence-corrected chi connectivity index (χ1v) is 7.49. The minimum atomic E-state index is -0.290. The van der Waals surface area contributed by atoms with Crippen LogP contribution >= 0.6 is 0 Å². The first-order chi connectivity index (χ1) is 11.0. The van der Waals surface area contributed by atoms with Gasteiger partial charge in [0.05, 0.1) is 29.3 Å². The third-order valence-electron chi connectivity index (χ3n) is 3.26. The summed E-state index contributed by atoms with van der Waals surface area (Å²) in [4.78, 5) is 28.1. The van der Waals surface area contributed by atoms with Crippen molar-refractivity contribution in [2.24, 2.45) is 13.0 Å². The van der Waals surface area contributed by atoms with Crippen LogP contribution in [0.4, 0.5) is 11.4 Å². The molecule has 124 valence electrons. The van der Waals surface area contributed by atoms with Gasteiger partial charge >= 0.3 is 0 Å². The van der Waals surface area contributed by atoms with Crippen molar-refractivity contribution in [1.82, 2.24) is 14.8 Å². The van der Waals surface area contributed by atoms with E-state index < -0.39 is 0 Å². The molecule has 2 amide bonds. The number of carbonyl (C=O) groups excluding carboxylic acids is 2. The number of aryl methyl sites for hydroxylation is 1. The highest BCUT2D eigenvalue weighted by Gasteiger charge is 2.12.